The Hall–Kier alpha value is -3.79. The average molecular weight is 581 g/mol. The molecule has 2 aromatic rings. The number of ether oxygens (including phenoxy) is 3. The van der Waals surface area contributed by atoms with Gasteiger partial charge in [0.25, 0.3) is 5.91 Å². The quantitative estimate of drug-likeness (QED) is 0.523. The first kappa shape index (κ1) is 28.7. The number of alkyl halides is 3. The number of aromatic nitrogens is 4. The van der Waals surface area contributed by atoms with E-state index in [1.165, 1.54) is 11.0 Å². The summed E-state index contributed by atoms with van der Waals surface area (Å²) < 4.78 is 55.9. The molecule has 2 N–H and O–H groups in total. The van der Waals surface area contributed by atoms with Crippen LogP contribution >= 0.6 is 0 Å². The second-order valence-corrected chi connectivity index (χ2v) is 10.6. The molecule has 41 heavy (non-hydrogen) atoms. The van der Waals surface area contributed by atoms with Crippen LogP contribution in [0.4, 0.5) is 35.3 Å². The van der Waals surface area contributed by atoms with Gasteiger partial charge in [0, 0.05) is 19.2 Å². The van der Waals surface area contributed by atoms with E-state index in [0.29, 0.717) is 37.5 Å². The maximum absolute atomic E-state index is 13.5. The summed E-state index contributed by atoms with van der Waals surface area (Å²) in [4.78, 5) is 38.1. The molecule has 3 aliphatic rings. The fourth-order valence-electron chi connectivity index (χ4n) is 5.00. The molecule has 2 saturated heterocycles. The van der Waals surface area contributed by atoms with Gasteiger partial charge in [-0.25, -0.2) is 14.8 Å². The van der Waals surface area contributed by atoms with Crippen molar-refractivity contribution in [2.75, 3.05) is 41.4 Å². The summed E-state index contributed by atoms with van der Waals surface area (Å²) in [7, 11) is 0. The largest absolute Gasteiger partial charge is 0.474 e. The van der Waals surface area contributed by atoms with Gasteiger partial charge in [0.05, 0.1) is 18.3 Å². The number of carbonyl (C=O) groups excluding carboxylic acids is 2. The summed E-state index contributed by atoms with van der Waals surface area (Å²) in [5.41, 5.74) is 0.923. The molecule has 0 radical (unpaired) electrons. The molecule has 2 fully saturated rings. The highest BCUT2D eigenvalue weighted by molar-refractivity contribution is 6.04. The molecule has 5 rings (SSSR count). The van der Waals surface area contributed by atoms with Crippen LogP contribution in [0.5, 0.6) is 5.88 Å². The van der Waals surface area contributed by atoms with Crippen molar-refractivity contribution in [2.24, 2.45) is 0 Å². The van der Waals surface area contributed by atoms with Crippen LogP contribution in [0.15, 0.2) is 12.1 Å². The zero-order valence-corrected chi connectivity index (χ0v) is 23.0. The first-order chi connectivity index (χ1) is 19.3. The number of nitrogens with zero attached hydrogens (tertiary/aromatic N) is 6. The van der Waals surface area contributed by atoms with Gasteiger partial charge in [-0.3, -0.25) is 15.0 Å². The van der Waals surface area contributed by atoms with Crippen LogP contribution in [0, 0.1) is 6.92 Å². The second-order valence-electron chi connectivity index (χ2n) is 10.6. The van der Waals surface area contributed by atoms with Gasteiger partial charge >= 0.3 is 12.2 Å². The molecule has 0 spiro atoms. The minimum atomic E-state index is -4.63. The fraction of sp³-hybridized carbons (Fsp3) is 0.600. The normalized spacial score (nSPS) is 22.1. The fourth-order valence-corrected chi connectivity index (χ4v) is 5.00. The van der Waals surface area contributed by atoms with Crippen LogP contribution in [-0.2, 0) is 9.47 Å². The van der Waals surface area contributed by atoms with Gasteiger partial charge in [-0.15, -0.1) is 10.2 Å². The van der Waals surface area contributed by atoms with Crippen molar-refractivity contribution in [2.45, 2.75) is 70.7 Å². The lowest BCUT2D eigenvalue weighted by Crippen LogP contribution is -2.56. The molecule has 1 unspecified atom stereocenters. The molecule has 16 heteroatoms. The van der Waals surface area contributed by atoms with Crippen molar-refractivity contribution < 1.29 is 37.0 Å². The third-order valence-electron chi connectivity index (χ3n) is 6.97. The number of hydrogen-bond donors (Lipinski definition) is 2. The number of fused-ring (bicyclic) bond motifs is 4. The van der Waals surface area contributed by atoms with Crippen molar-refractivity contribution >= 4 is 29.3 Å². The number of anilines is 3. The number of nitrogens with one attached hydrogen (secondary N) is 2. The Labute approximate surface area is 233 Å². The van der Waals surface area contributed by atoms with Crippen molar-refractivity contribution in [1.29, 1.82) is 0 Å². The number of piperidine rings is 1. The lowest BCUT2D eigenvalue weighted by molar-refractivity contribution is -0.149. The van der Waals surface area contributed by atoms with Crippen LogP contribution in [0.3, 0.4) is 0 Å². The summed E-state index contributed by atoms with van der Waals surface area (Å²) in [6, 6.07) is 0.106. The van der Waals surface area contributed by atoms with Gasteiger partial charge in [-0.2, -0.15) is 13.2 Å². The topological polar surface area (TPSA) is 144 Å². The number of amides is 3. The van der Waals surface area contributed by atoms with Crippen LogP contribution in [0.25, 0.3) is 0 Å². The van der Waals surface area contributed by atoms with Crippen LogP contribution in [0.1, 0.15) is 49.9 Å². The molecular weight excluding hydrogens is 549 g/mol. The third-order valence-corrected chi connectivity index (χ3v) is 6.97. The molecule has 2 aromatic heterocycles. The minimum absolute atomic E-state index is 0.144. The molecule has 13 nitrogen and oxygen atoms in total. The Bertz CT molecular complexity index is 1310. The summed E-state index contributed by atoms with van der Waals surface area (Å²) in [6.07, 6.45) is -3.42. The molecule has 3 aliphatic heterocycles. The number of aryl methyl sites for hydroxylation is 1. The molecule has 5 heterocycles. The standard InChI is InChI=1S/C25H31F3N8O5/c1-13-19-21(32-20(29-13)22(37)30-14(2)25(26,27)28)36(15-6-5-9-35(19)10-15)23(38)31-17-7-8-18(34-33-17)39-11-16-12-40-24(3,4)41-16/h7-8,14-16H,5-6,9-12H2,1-4H3,(H,30,37)(H,31,33,38)/t14-,15?,16-/m1/s1. The Morgan fingerprint density at radius 1 is 1.24 bits per heavy atom. The monoisotopic (exact) mass is 580 g/mol. The van der Waals surface area contributed by atoms with E-state index in [0.717, 1.165) is 13.3 Å². The first-order valence-corrected chi connectivity index (χ1v) is 13.2. The molecule has 0 saturated carbocycles. The highest BCUT2D eigenvalue weighted by atomic mass is 19.4. The number of hydrogen-bond acceptors (Lipinski definition) is 10. The molecule has 0 aliphatic carbocycles. The van der Waals surface area contributed by atoms with Crippen LogP contribution in [0.2, 0.25) is 0 Å². The van der Waals surface area contributed by atoms with E-state index in [9.17, 15) is 22.8 Å². The van der Waals surface area contributed by atoms with Gasteiger partial charge in [0.2, 0.25) is 11.7 Å². The predicted octanol–water partition coefficient (Wildman–Crippen LogP) is 2.81. The van der Waals surface area contributed by atoms with E-state index in [-0.39, 0.29) is 36.3 Å². The van der Waals surface area contributed by atoms with E-state index < -0.39 is 35.8 Å². The average Bonchev–Trinajstić information content (AvgIpc) is 3.25. The highest BCUT2D eigenvalue weighted by Gasteiger charge is 2.41. The van der Waals surface area contributed by atoms with Crippen molar-refractivity contribution in [3.05, 3.63) is 23.7 Å². The van der Waals surface area contributed by atoms with Crippen molar-refractivity contribution in [3.63, 3.8) is 0 Å². The predicted molar refractivity (Wildman–Crippen MR) is 139 cm³/mol. The van der Waals surface area contributed by atoms with Gasteiger partial charge in [-0.05, 0) is 46.6 Å². The van der Waals surface area contributed by atoms with Gasteiger partial charge in [0.15, 0.2) is 17.4 Å². The number of rotatable bonds is 6. The summed E-state index contributed by atoms with van der Waals surface area (Å²) in [6.45, 7) is 7.89. The molecular formula is C25H31F3N8O5. The second kappa shape index (κ2) is 10.9. The van der Waals surface area contributed by atoms with Crippen LogP contribution < -0.4 is 25.2 Å². The summed E-state index contributed by atoms with van der Waals surface area (Å²) >= 11 is 0. The minimum Gasteiger partial charge on any atom is -0.474 e. The Morgan fingerprint density at radius 2 is 2.02 bits per heavy atom. The Balaban J connectivity index is 1.32. The highest BCUT2D eigenvalue weighted by Crippen LogP contribution is 2.40. The molecule has 0 aromatic carbocycles. The van der Waals surface area contributed by atoms with Gasteiger partial charge in [0.1, 0.15) is 24.4 Å². The van der Waals surface area contributed by atoms with Crippen molar-refractivity contribution in [1.82, 2.24) is 25.5 Å². The zero-order chi connectivity index (χ0) is 29.5. The SMILES string of the molecule is Cc1nc(C(=O)N[C@H](C)C(F)(F)F)nc2c1N1CCCC(C1)N2C(=O)Nc1ccc(OC[C@@H]2COC(C)(C)O2)nn1. The third kappa shape index (κ3) is 6.27. The van der Waals surface area contributed by atoms with Gasteiger partial charge in [-0.1, -0.05) is 0 Å². The Morgan fingerprint density at radius 3 is 2.68 bits per heavy atom. The summed E-state index contributed by atoms with van der Waals surface area (Å²) in [5.74, 6) is -1.71. The van der Waals surface area contributed by atoms with Gasteiger partial charge < -0.3 is 24.4 Å². The van der Waals surface area contributed by atoms with E-state index in [1.54, 1.807) is 13.0 Å². The molecule has 2 bridgehead atoms. The van der Waals surface area contributed by atoms with Crippen molar-refractivity contribution in [3.8, 4) is 5.88 Å². The first-order valence-electron chi connectivity index (χ1n) is 13.2. The lowest BCUT2D eigenvalue weighted by Gasteiger charge is -2.46. The number of urea groups is 1. The number of carbonyl (C=O) groups is 2. The molecule has 3 atom stereocenters. The molecule has 222 valence electrons. The van der Waals surface area contributed by atoms with E-state index >= 15 is 0 Å². The zero-order valence-electron chi connectivity index (χ0n) is 23.0. The van der Waals surface area contributed by atoms with Crippen LogP contribution in [-0.4, -0.2) is 88.6 Å². The van der Waals surface area contributed by atoms with E-state index in [4.69, 9.17) is 14.2 Å². The van der Waals surface area contributed by atoms with E-state index in [2.05, 4.69) is 25.5 Å². The smallest absolute Gasteiger partial charge is 0.408 e. The van der Waals surface area contributed by atoms with E-state index in [1.807, 2.05) is 24.1 Å². The lowest BCUT2D eigenvalue weighted by atomic mass is 9.99. The molecule has 3 amide bonds. The maximum atomic E-state index is 13.5. The summed E-state index contributed by atoms with van der Waals surface area (Å²) in [5, 5.41) is 12.6. The maximum Gasteiger partial charge on any atom is 0.408 e. The Kier molecular flexibility index (Phi) is 7.63. The number of halogens is 3.